The van der Waals surface area contributed by atoms with Gasteiger partial charge in [0.25, 0.3) is 0 Å². The van der Waals surface area contributed by atoms with Gasteiger partial charge in [-0.05, 0) is 42.0 Å². The molecule has 8 nitrogen and oxygen atoms in total. The highest BCUT2D eigenvalue weighted by Crippen LogP contribution is 2.26. The number of likely N-dealkylation sites (tertiary alicyclic amines) is 1. The molecule has 194 valence electrons. The third-order valence-electron chi connectivity index (χ3n) is 6.76. The van der Waals surface area contributed by atoms with E-state index in [0.717, 1.165) is 55.1 Å². The Morgan fingerprint density at radius 3 is 2.50 bits per heavy atom. The molecule has 1 saturated heterocycles. The van der Waals surface area contributed by atoms with E-state index in [1.165, 1.54) is 5.56 Å². The predicted octanol–water partition coefficient (Wildman–Crippen LogP) is 5.44. The monoisotopic (exact) mass is 525 g/mol. The molecule has 2 aromatic carbocycles. The van der Waals surface area contributed by atoms with Gasteiger partial charge in [0, 0.05) is 31.1 Å². The summed E-state index contributed by atoms with van der Waals surface area (Å²) in [4.78, 5) is 16.9. The molecule has 0 radical (unpaired) electrons. The number of piperidine rings is 1. The van der Waals surface area contributed by atoms with Gasteiger partial charge in [0.1, 0.15) is 18.7 Å². The smallest absolute Gasteiger partial charge is 0.227 e. The number of fused-ring (bicyclic) bond motifs is 1. The largest absolute Gasteiger partial charge is 0.492 e. The molecule has 9 heteroatoms. The second-order valence-electron chi connectivity index (χ2n) is 9.43. The number of nitrogens with zero attached hydrogens (tertiary/aromatic N) is 5. The van der Waals surface area contributed by atoms with Gasteiger partial charge in [-0.25, -0.2) is 4.98 Å². The molecule has 1 fully saturated rings. The van der Waals surface area contributed by atoms with E-state index in [1.807, 2.05) is 41.2 Å². The Morgan fingerprint density at radius 1 is 0.947 bits per heavy atom. The quantitative estimate of drug-likeness (QED) is 0.235. The standard InChI is InChI=1S/C29H31N7OS/c1-3-7-22(8-4-1)19-35-15-11-23(12-16-35)32-29-33-27(30-14-17-37-25-9-5-2-6-10-25)26-28(34-29)36(21-31-26)24-13-18-38-20-24/h1-10,13,18,20-21,23H,11-12,14-17,19H2,(H2,30,32,33,34). The van der Waals surface area contributed by atoms with Crippen molar-refractivity contribution in [1.29, 1.82) is 0 Å². The maximum atomic E-state index is 5.86. The number of para-hydroxylation sites is 1. The van der Waals surface area contributed by atoms with E-state index in [1.54, 1.807) is 11.3 Å². The normalized spacial score (nSPS) is 14.5. The first-order valence-corrected chi connectivity index (χ1v) is 14.0. The van der Waals surface area contributed by atoms with Crippen molar-refractivity contribution in [3.05, 3.63) is 89.4 Å². The number of thiophene rings is 1. The molecule has 0 atom stereocenters. The molecule has 0 amide bonds. The first kappa shape index (κ1) is 24.4. The molecule has 5 aromatic rings. The maximum Gasteiger partial charge on any atom is 0.227 e. The lowest BCUT2D eigenvalue weighted by atomic mass is 10.0. The Bertz CT molecular complexity index is 1430. The SMILES string of the molecule is c1ccc(CN2CCC(Nc3nc(NCCOc4ccccc4)c4ncn(-c5ccsc5)c4n3)CC2)cc1. The van der Waals surface area contributed by atoms with Gasteiger partial charge in [-0.2, -0.15) is 21.3 Å². The van der Waals surface area contributed by atoms with Crippen LogP contribution in [0, 0.1) is 0 Å². The summed E-state index contributed by atoms with van der Waals surface area (Å²) < 4.78 is 7.88. The van der Waals surface area contributed by atoms with E-state index in [9.17, 15) is 0 Å². The predicted molar refractivity (Wildman–Crippen MR) is 153 cm³/mol. The number of ether oxygens (including phenoxy) is 1. The molecular weight excluding hydrogens is 494 g/mol. The van der Waals surface area contributed by atoms with E-state index >= 15 is 0 Å². The van der Waals surface area contributed by atoms with Crippen molar-refractivity contribution in [1.82, 2.24) is 24.4 Å². The molecule has 2 N–H and O–H groups in total. The number of aromatic nitrogens is 4. The molecule has 4 heterocycles. The lowest BCUT2D eigenvalue weighted by Gasteiger charge is -2.32. The third kappa shape index (κ3) is 5.79. The van der Waals surface area contributed by atoms with Crippen LogP contribution in [-0.4, -0.2) is 56.7 Å². The number of imidazole rings is 1. The van der Waals surface area contributed by atoms with Crippen LogP contribution in [0.2, 0.25) is 0 Å². The fraction of sp³-hybridized carbons (Fsp3) is 0.276. The van der Waals surface area contributed by atoms with Gasteiger partial charge in [-0.15, -0.1) is 0 Å². The van der Waals surface area contributed by atoms with Crippen LogP contribution < -0.4 is 15.4 Å². The van der Waals surface area contributed by atoms with Gasteiger partial charge >= 0.3 is 0 Å². The van der Waals surface area contributed by atoms with Crippen LogP contribution in [-0.2, 0) is 6.54 Å². The highest BCUT2D eigenvalue weighted by molar-refractivity contribution is 7.08. The summed E-state index contributed by atoms with van der Waals surface area (Å²) in [6, 6.07) is 22.9. The summed E-state index contributed by atoms with van der Waals surface area (Å²) in [5, 5.41) is 11.2. The molecule has 1 aliphatic rings. The number of benzene rings is 2. The van der Waals surface area contributed by atoms with E-state index in [2.05, 4.69) is 67.7 Å². The molecule has 38 heavy (non-hydrogen) atoms. The summed E-state index contributed by atoms with van der Waals surface area (Å²) >= 11 is 1.65. The Labute approximate surface area is 226 Å². The van der Waals surface area contributed by atoms with Crippen LogP contribution in [0.1, 0.15) is 18.4 Å². The van der Waals surface area contributed by atoms with Gasteiger partial charge in [0.15, 0.2) is 17.0 Å². The zero-order valence-corrected chi connectivity index (χ0v) is 22.0. The Hall–Kier alpha value is -3.95. The minimum atomic E-state index is 0.325. The highest BCUT2D eigenvalue weighted by Gasteiger charge is 2.21. The van der Waals surface area contributed by atoms with E-state index < -0.39 is 0 Å². The molecule has 3 aromatic heterocycles. The minimum absolute atomic E-state index is 0.325. The van der Waals surface area contributed by atoms with Crippen LogP contribution in [0.4, 0.5) is 11.8 Å². The van der Waals surface area contributed by atoms with Crippen molar-refractivity contribution in [2.75, 3.05) is 36.9 Å². The Morgan fingerprint density at radius 2 is 1.74 bits per heavy atom. The number of anilines is 2. The summed E-state index contributed by atoms with van der Waals surface area (Å²) in [6.45, 7) is 4.20. The minimum Gasteiger partial charge on any atom is -0.492 e. The lowest BCUT2D eigenvalue weighted by Crippen LogP contribution is -2.39. The first-order chi connectivity index (χ1) is 18.8. The van der Waals surface area contributed by atoms with Crippen molar-refractivity contribution >= 4 is 34.3 Å². The van der Waals surface area contributed by atoms with Crippen LogP contribution in [0.5, 0.6) is 5.75 Å². The fourth-order valence-electron chi connectivity index (χ4n) is 4.79. The fourth-order valence-corrected chi connectivity index (χ4v) is 5.41. The average Bonchev–Trinajstić information content (AvgIpc) is 3.64. The first-order valence-electron chi connectivity index (χ1n) is 13.0. The summed E-state index contributed by atoms with van der Waals surface area (Å²) in [5.41, 5.74) is 3.95. The zero-order valence-electron chi connectivity index (χ0n) is 21.2. The van der Waals surface area contributed by atoms with Crippen LogP contribution >= 0.6 is 11.3 Å². The van der Waals surface area contributed by atoms with Crippen molar-refractivity contribution in [3.8, 4) is 11.4 Å². The summed E-state index contributed by atoms with van der Waals surface area (Å²) in [7, 11) is 0. The second-order valence-corrected chi connectivity index (χ2v) is 10.2. The van der Waals surface area contributed by atoms with E-state index in [4.69, 9.17) is 14.7 Å². The van der Waals surface area contributed by atoms with Crippen molar-refractivity contribution in [2.24, 2.45) is 0 Å². The van der Waals surface area contributed by atoms with Gasteiger partial charge in [-0.3, -0.25) is 9.47 Å². The molecular formula is C29H31N7OS. The number of hydrogen-bond donors (Lipinski definition) is 2. The second kappa shape index (κ2) is 11.6. The average molecular weight is 526 g/mol. The highest BCUT2D eigenvalue weighted by atomic mass is 32.1. The van der Waals surface area contributed by atoms with Crippen LogP contribution in [0.15, 0.2) is 83.8 Å². The molecule has 0 saturated carbocycles. The number of nitrogens with one attached hydrogen (secondary N) is 2. The lowest BCUT2D eigenvalue weighted by molar-refractivity contribution is 0.211. The van der Waals surface area contributed by atoms with Gasteiger partial charge in [0.2, 0.25) is 5.95 Å². The van der Waals surface area contributed by atoms with Crippen LogP contribution in [0.3, 0.4) is 0 Å². The molecule has 0 spiro atoms. The van der Waals surface area contributed by atoms with Crippen molar-refractivity contribution in [2.45, 2.75) is 25.4 Å². The van der Waals surface area contributed by atoms with Crippen molar-refractivity contribution < 1.29 is 4.74 Å². The van der Waals surface area contributed by atoms with Crippen molar-refractivity contribution in [3.63, 3.8) is 0 Å². The van der Waals surface area contributed by atoms with E-state index in [-0.39, 0.29) is 0 Å². The molecule has 0 unspecified atom stereocenters. The van der Waals surface area contributed by atoms with Gasteiger partial charge in [0.05, 0.1) is 12.2 Å². The third-order valence-corrected chi connectivity index (χ3v) is 7.43. The number of hydrogen-bond acceptors (Lipinski definition) is 8. The zero-order chi connectivity index (χ0) is 25.6. The Balaban J connectivity index is 1.15. The molecule has 1 aliphatic heterocycles. The van der Waals surface area contributed by atoms with Crippen LogP contribution in [0.25, 0.3) is 16.9 Å². The Kier molecular flexibility index (Phi) is 7.46. The summed E-state index contributed by atoms with van der Waals surface area (Å²) in [5.74, 6) is 2.19. The maximum absolute atomic E-state index is 5.86. The summed E-state index contributed by atoms with van der Waals surface area (Å²) in [6.07, 6.45) is 3.91. The van der Waals surface area contributed by atoms with Gasteiger partial charge < -0.3 is 15.4 Å². The molecule has 6 rings (SSSR count). The topological polar surface area (TPSA) is 80.1 Å². The molecule has 0 aliphatic carbocycles. The van der Waals surface area contributed by atoms with Gasteiger partial charge in [-0.1, -0.05) is 48.5 Å². The number of rotatable bonds is 10. The molecule has 0 bridgehead atoms. The van der Waals surface area contributed by atoms with E-state index in [0.29, 0.717) is 31.0 Å².